The van der Waals surface area contributed by atoms with E-state index in [9.17, 15) is 4.39 Å². The average molecular weight is 343 g/mol. The van der Waals surface area contributed by atoms with Gasteiger partial charge in [-0.2, -0.15) is 5.10 Å². The minimum absolute atomic E-state index is 0.272. The van der Waals surface area contributed by atoms with Gasteiger partial charge in [0.2, 0.25) is 0 Å². The molecule has 0 amide bonds. The van der Waals surface area contributed by atoms with Crippen molar-refractivity contribution in [3.8, 4) is 5.69 Å². The molecule has 126 valence electrons. The number of aliphatic imine (C=N–C) groups is 1. The van der Waals surface area contributed by atoms with Gasteiger partial charge in [0.15, 0.2) is 5.84 Å². The number of anilines is 1. The van der Waals surface area contributed by atoms with Gasteiger partial charge in [0.1, 0.15) is 11.5 Å². The van der Waals surface area contributed by atoms with Crippen LogP contribution in [0.3, 0.4) is 0 Å². The summed E-state index contributed by atoms with van der Waals surface area (Å²) >= 11 is 0. The van der Waals surface area contributed by atoms with Gasteiger partial charge in [0.25, 0.3) is 0 Å². The second kappa shape index (κ2) is 5.77. The van der Waals surface area contributed by atoms with Gasteiger partial charge in [-0.15, -0.1) is 0 Å². The Labute approximate surface area is 148 Å². The molecule has 0 atom stereocenters. The Morgan fingerprint density at radius 2 is 1.96 bits per heavy atom. The molecule has 5 nitrogen and oxygen atoms in total. The van der Waals surface area contributed by atoms with Crippen LogP contribution in [0.25, 0.3) is 16.5 Å². The number of pyridine rings is 1. The molecule has 0 bridgehead atoms. The molecule has 1 N–H and O–H groups in total. The third kappa shape index (κ3) is 2.35. The van der Waals surface area contributed by atoms with Crippen LogP contribution >= 0.6 is 0 Å². The number of amidine groups is 1. The average Bonchev–Trinajstić information content (AvgIpc) is 3.33. The normalized spacial score (nSPS) is 12.9. The van der Waals surface area contributed by atoms with E-state index in [1.54, 1.807) is 29.2 Å². The first-order valence-electron chi connectivity index (χ1n) is 8.27. The molecule has 5 rings (SSSR count). The van der Waals surface area contributed by atoms with Crippen LogP contribution in [-0.4, -0.2) is 20.6 Å². The lowest BCUT2D eigenvalue weighted by Gasteiger charge is -2.11. The number of hydrogen-bond acceptors (Lipinski definition) is 4. The second-order valence-electron chi connectivity index (χ2n) is 6.08. The summed E-state index contributed by atoms with van der Waals surface area (Å²) in [6, 6.07) is 14.6. The molecule has 4 aromatic rings. The first-order chi connectivity index (χ1) is 12.8. The van der Waals surface area contributed by atoms with Crippen LogP contribution in [0.5, 0.6) is 0 Å². The highest BCUT2D eigenvalue weighted by Crippen LogP contribution is 2.28. The molecular weight excluding hydrogens is 329 g/mol. The lowest BCUT2D eigenvalue weighted by atomic mass is 10.1. The van der Waals surface area contributed by atoms with Gasteiger partial charge in [-0.25, -0.2) is 9.07 Å². The smallest absolute Gasteiger partial charge is 0.152 e. The van der Waals surface area contributed by atoms with Crippen molar-refractivity contribution in [2.45, 2.75) is 6.54 Å². The summed E-state index contributed by atoms with van der Waals surface area (Å²) < 4.78 is 16.2. The fourth-order valence-corrected chi connectivity index (χ4v) is 3.24. The maximum atomic E-state index is 14.4. The number of halogens is 1. The van der Waals surface area contributed by atoms with Crippen molar-refractivity contribution >= 4 is 22.3 Å². The molecule has 1 aliphatic heterocycles. The molecule has 6 heteroatoms. The van der Waals surface area contributed by atoms with Crippen molar-refractivity contribution < 1.29 is 4.39 Å². The third-order valence-electron chi connectivity index (χ3n) is 4.48. The Morgan fingerprint density at radius 1 is 1.00 bits per heavy atom. The summed E-state index contributed by atoms with van der Waals surface area (Å²) in [6.07, 6.45) is 5.29. The Balaban J connectivity index is 1.56. The van der Waals surface area contributed by atoms with E-state index in [-0.39, 0.29) is 5.82 Å². The number of benzene rings is 2. The topological polar surface area (TPSA) is 55.1 Å². The van der Waals surface area contributed by atoms with E-state index in [0.29, 0.717) is 17.8 Å². The standard InChI is InChI=1S/C20H14FN5/c21-17-6-7-18(26-10-2-9-24-26)15-5-4-14(11-16(15)17)25-20-19-13(12-23-20)3-1-8-22-19/h1-11H,12H2,(H,23,25). The monoisotopic (exact) mass is 343 g/mol. The van der Waals surface area contributed by atoms with Crippen molar-refractivity contribution in [1.29, 1.82) is 0 Å². The van der Waals surface area contributed by atoms with Crippen LogP contribution in [0.15, 0.2) is 72.1 Å². The number of nitrogens with zero attached hydrogens (tertiary/aromatic N) is 4. The molecule has 26 heavy (non-hydrogen) atoms. The number of nitrogens with one attached hydrogen (secondary N) is 1. The molecule has 0 aliphatic carbocycles. The first-order valence-corrected chi connectivity index (χ1v) is 8.27. The summed E-state index contributed by atoms with van der Waals surface area (Å²) in [5.74, 6) is 0.440. The quantitative estimate of drug-likeness (QED) is 0.600. The predicted octanol–water partition coefficient (Wildman–Crippen LogP) is 3.93. The Kier molecular flexibility index (Phi) is 3.28. The van der Waals surface area contributed by atoms with Crippen molar-refractivity contribution in [3.63, 3.8) is 0 Å². The molecule has 0 unspecified atom stereocenters. The lowest BCUT2D eigenvalue weighted by Crippen LogP contribution is -2.13. The van der Waals surface area contributed by atoms with Crippen LogP contribution in [-0.2, 0) is 6.54 Å². The van der Waals surface area contributed by atoms with Gasteiger partial charge >= 0.3 is 0 Å². The number of hydrogen-bond donors (Lipinski definition) is 1. The Bertz CT molecular complexity index is 1150. The molecule has 0 saturated carbocycles. The zero-order valence-corrected chi connectivity index (χ0v) is 13.7. The van der Waals surface area contributed by atoms with Crippen molar-refractivity contribution in [2.24, 2.45) is 4.99 Å². The Morgan fingerprint density at radius 3 is 2.85 bits per heavy atom. The molecule has 0 saturated heterocycles. The van der Waals surface area contributed by atoms with E-state index in [0.717, 1.165) is 28.0 Å². The van der Waals surface area contributed by atoms with Crippen LogP contribution in [0.2, 0.25) is 0 Å². The fourth-order valence-electron chi connectivity index (χ4n) is 3.24. The summed E-state index contributed by atoms with van der Waals surface area (Å²) in [6.45, 7) is 0.608. The molecule has 0 radical (unpaired) electrons. The lowest BCUT2D eigenvalue weighted by molar-refractivity contribution is 0.639. The summed E-state index contributed by atoms with van der Waals surface area (Å²) in [5.41, 5.74) is 3.54. The summed E-state index contributed by atoms with van der Waals surface area (Å²) in [7, 11) is 0. The van der Waals surface area contributed by atoms with Crippen LogP contribution < -0.4 is 5.32 Å². The predicted molar refractivity (Wildman–Crippen MR) is 99.1 cm³/mol. The van der Waals surface area contributed by atoms with Gasteiger partial charge in [-0.3, -0.25) is 9.98 Å². The van der Waals surface area contributed by atoms with Gasteiger partial charge < -0.3 is 5.32 Å². The fraction of sp³-hybridized carbons (Fsp3) is 0.0500. The second-order valence-corrected chi connectivity index (χ2v) is 6.08. The molecule has 2 aromatic heterocycles. The molecular formula is C20H14FN5. The minimum atomic E-state index is -0.272. The maximum absolute atomic E-state index is 14.4. The number of rotatable bonds is 2. The van der Waals surface area contributed by atoms with E-state index in [1.165, 1.54) is 6.07 Å². The van der Waals surface area contributed by atoms with Crippen LogP contribution in [0, 0.1) is 5.82 Å². The van der Waals surface area contributed by atoms with Gasteiger partial charge in [0, 0.05) is 40.6 Å². The van der Waals surface area contributed by atoms with E-state index in [1.807, 2.05) is 36.5 Å². The number of aromatic nitrogens is 3. The highest BCUT2D eigenvalue weighted by molar-refractivity contribution is 6.10. The molecule has 3 heterocycles. The van der Waals surface area contributed by atoms with Crippen molar-refractivity contribution in [1.82, 2.24) is 14.8 Å². The minimum Gasteiger partial charge on any atom is -0.339 e. The van der Waals surface area contributed by atoms with E-state index in [2.05, 4.69) is 20.4 Å². The zero-order chi connectivity index (χ0) is 17.5. The van der Waals surface area contributed by atoms with Crippen molar-refractivity contribution in [3.05, 3.63) is 84.2 Å². The van der Waals surface area contributed by atoms with Gasteiger partial charge in [-0.05, 0) is 36.4 Å². The third-order valence-corrected chi connectivity index (χ3v) is 4.48. The zero-order valence-electron chi connectivity index (χ0n) is 13.7. The first kappa shape index (κ1) is 14.8. The van der Waals surface area contributed by atoms with Crippen LogP contribution in [0.1, 0.15) is 11.3 Å². The van der Waals surface area contributed by atoms with Crippen LogP contribution in [0.4, 0.5) is 10.1 Å². The molecule has 2 aromatic carbocycles. The Hall–Kier alpha value is -3.54. The number of fused-ring (bicyclic) bond motifs is 2. The van der Waals surface area contributed by atoms with E-state index in [4.69, 9.17) is 0 Å². The molecule has 0 spiro atoms. The SMILES string of the molecule is Fc1ccc(-n2cccn2)c2ccc(NC3=NCc4cccnc43)cc12. The summed E-state index contributed by atoms with van der Waals surface area (Å²) in [4.78, 5) is 8.88. The van der Waals surface area contributed by atoms with E-state index >= 15 is 0 Å². The summed E-state index contributed by atoms with van der Waals surface area (Å²) in [5, 5.41) is 8.84. The maximum Gasteiger partial charge on any atom is 0.152 e. The van der Waals surface area contributed by atoms with E-state index < -0.39 is 0 Å². The molecule has 0 fully saturated rings. The highest BCUT2D eigenvalue weighted by atomic mass is 19.1. The highest BCUT2D eigenvalue weighted by Gasteiger charge is 2.17. The van der Waals surface area contributed by atoms with Gasteiger partial charge in [0.05, 0.1) is 12.2 Å². The van der Waals surface area contributed by atoms with Crippen molar-refractivity contribution in [2.75, 3.05) is 5.32 Å². The molecule has 1 aliphatic rings. The van der Waals surface area contributed by atoms with Gasteiger partial charge in [-0.1, -0.05) is 12.1 Å². The largest absolute Gasteiger partial charge is 0.339 e.